The number of nitrogens with one attached hydrogen (secondary N) is 1. The van der Waals surface area contributed by atoms with Crippen LogP contribution in [-0.4, -0.2) is 19.8 Å². The van der Waals surface area contributed by atoms with Gasteiger partial charge in [0.05, 0.1) is 0 Å². The van der Waals surface area contributed by atoms with Gasteiger partial charge in [0.2, 0.25) is 0 Å². The van der Waals surface area contributed by atoms with Crippen molar-refractivity contribution in [3.63, 3.8) is 0 Å². The van der Waals surface area contributed by atoms with E-state index in [0.29, 0.717) is 18.0 Å². The average molecular weight is 212 g/mol. The Morgan fingerprint density at radius 3 is 2.80 bits per heavy atom. The van der Waals surface area contributed by atoms with Gasteiger partial charge in [0, 0.05) is 31.1 Å². The quantitative estimate of drug-likeness (QED) is 0.736. The fourth-order valence-electron chi connectivity index (χ4n) is 1.35. The number of hydrogen-bond acceptors (Lipinski definition) is 3. The van der Waals surface area contributed by atoms with Crippen molar-refractivity contribution in [2.45, 2.75) is 19.4 Å². The molecule has 0 bridgehead atoms. The maximum atomic E-state index is 13.0. The highest BCUT2D eigenvalue weighted by molar-refractivity contribution is 5.54. The molecule has 15 heavy (non-hydrogen) atoms. The van der Waals surface area contributed by atoms with Gasteiger partial charge in [-0.25, -0.2) is 4.39 Å². The Bertz CT molecular complexity index is 297. The molecule has 0 saturated carbocycles. The lowest BCUT2D eigenvalue weighted by molar-refractivity contribution is 0.191. The van der Waals surface area contributed by atoms with Crippen molar-refractivity contribution >= 4 is 11.4 Å². The molecule has 0 spiro atoms. The van der Waals surface area contributed by atoms with E-state index < -0.39 is 0 Å². The first-order chi connectivity index (χ1) is 7.11. The molecule has 84 valence electrons. The molecule has 1 rings (SSSR count). The number of nitrogen functional groups attached to an aromatic ring is 1. The van der Waals surface area contributed by atoms with Gasteiger partial charge in [-0.05, 0) is 31.5 Å². The first-order valence-corrected chi connectivity index (χ1v) is 4.93. The normalized spacial score (nSPS) is 12.5. The predicted octanol–water partition coefficient (Wildman–Crippen LogP) is 2.24. The molecule has 4 heteroatoms. The van der Waals surface area contributed by atoms with Crippen LogP contribution < -0.4 is 11.1 Å². The summed E-state index contributed by atoms with van der Waals surface area (Å²) in [5, 5.41) is 3.16. The Morgan fingerprint density at radius 2 is 2.20 bits per heavy atom. The number of anilines is 2. The van der Waals surface area contributed by atoms with E-state index in [1.807, 2.05) is 6.92 Å². The van der Waals surface area contributed by atoms with E-state index in [9.17, 15) is 4.39 Å². The molecule has 0 fully saturated rings. The summed E-state index contributed by atoms with van der Waals surface area (Å²) in [6.45, 7) is 2.69. The lowest BCUT2D eigenvalue weighted by atomic mass is 10.2. The highest BCUT2D eigenvalue weighted by atomic mass is 19.1. The maximum absolute atomic E-state index is 13.0. The summed E-state index contributed by atoms with van der Waals surface area (Å²) in [7, 11) is 1.66. The minimum Gasteiger partial charge on any atom is -0.399 e. The molecular formula is C11H17FN2O. The number of halogens is 1. The van der Waals surface area contributed by atoms with Gasteiger partial charge in [0.25, 0.3) is 0 Å². The average Bonchev–Trinajstić information content (AvgIpc) is 2.13. The van der Waals surface area contributed by atoms with Crippen LogP contribution in [0.5, 0.6) is 0 Å². The summed E-state index contributed by atoms with van der Waals surface area (Å²) < 4.78 is 17.9. The summed E-state index contributed by atoms with van der Waals surface area (Å²) in [6, 6.07) is 4.67. The van der Waals surface area contributed by atoms with E-state index in [1.165, 1.54) is 12.1 Å². The Kier molecular flexibility index (Phi) is 4.37. The van der Waals surface area contributed by atoms with E-state index in [4.69, 9.17) is 10.5 Å². The van der Waals surface area contributed by atoms with Crippen molar-refractivity contribution in [2.75, 3.05) is 24.8 Å². The van der Waals surface area contributed by atoms with Crippen LogP contribution in [0.1, 0.15) is 13.3 Å². The summed E-state index contributed by atoms with van der Waals surface area (Å²) in [6.07, 6.45) is 0.868. The minimum absolute atomic E-state index is 0.228. The van der Waals surface area contributed by atoms with Crippen molar-refractivity contribution in [3.8, 4) is 0 Å². The van der Waals surface area contributed by atoms with Crippen molar-refractivity contribution in [1.29, 1.82) is 0 Å². The standard InChI is InChI=1S/C11H17FN2O/c1-8(3-4-15-2)14-11-6-9(12)5-10(13)7-11/h5-8,14H,3-4,13H2,1-2H3. The fourth-order valence-corrected chi connectivity index (χ4v) is 1.35. The van der Waals surface area contributed by atoms with Gasteiger partial charge in [-0.15, -0.1) is 0 Å². The zero-order valence-corrected chi connectivity index (χ0v) is 9.09. The molecule has 0 aromatic heterocycles. The second kappa shape index (κ2) is 5.56. The van der Waals surface area contributed by atoms with Gasteiger partial charge in [-0.1, -0.05) is 0 Å². The summed E-state index contributed by atoms with van der Waals surface area (Å²) >= 11 is 0. The smallest absolute Gasteiger partial charge is 0.127 e. The van der Waals surface area contributed by atoms with Gasteiger partial charge in [0.1, 0.15) is 5.82 Å². The van der Waals surface area contributed by atoms with Gasteiger partial charge in [-0.2, -0.15) is 0 Å². The Hall–Kier alpha value is -1.29. The number of hydrogen-bond donors (Lipinski definition) is 2. The van der Waals surface area contributed by atoms with Crippen LogP contribution in [0.15, 0.2) is 18.2 Å². The lowest BCUT2D eigenvalue weighted by Crippen LogP contribution is -2.17. The molecule has 0 aliphatic carbocycles. The topological polar surface area (TPSA) is 47.3 Å². The van der Waals surface area contributed by atoms with Crippen molar-refractivity contribution in [2.24, 2.45) is 0 Å². The summed E-state index contributed by atoms with van der Waals surface area (Å²) in [5.74, 6) is -0.323. The van der Waals surface area contributed by atoms with Crippen LogP contribution in [0.2, 0.25) is 0 Å². The molecule has 0 aliphatic heterocycles. The van der Waals surface area contributed by atoms with E-state index in [1.54, 1.807) is 13.2 Å². The largest absolute Gasteiger partial charge is 0.399 e. The number of ether oxygens (including phenoxy) is 1. The van der Waals surface area contributed by atoms with E-state index in [-0.39, 0.29) is 11.9 Å². The first kappa shape index (κ1) is 11.8. The Labute approximate surface area is 89.4 Å². The van der Waals surface area contributed by atoms with Crippen LogP contribution in [0.4, 0.5) is 15.8 Å². The third-order valence-corrected chi connectivity index (χ3v) is 2.09. The molecule has 1 aromatic rings. The number of nitrogens with two attached hydrogens (primary N) is 1. The Balaban J connectivity index is 2.56. The molecule has 1 unspecified atom stereocenters. The highest BCUT2D eigenvalue weighted by Gasteiger charge is 2.03. The van der Waals surface area contributed by atoms with Gasteiger partial charge < -0.3 is 15.8 Å². The first-order valence-electron chi connectivity index (χ1n) is 4.93. The van der Waals surface area contributed by atoms with Crippen LogP contribution in [0, 0.1) is 5.82 Å². The van der Waals surface area contributed by atoms with Crippen molar-refractivity contribution < 1.29 is 9.13 Å². The van der Waals surface area contributed by atoms with E-state index >= 15 is 0 Å². The molecule has 0 heterocycles. The molecule has 0 saturated heterocycles. The second-order valence-electron chi connectivity index (χ2n) is 3.60. The molecule has 0 amide bonds. The Morgan fingerprint density at radius 1 is 1.47 bits per heavy atom. The molecule has 3 N–H and O–H groups in total. The van der Waals surface area contributed by atoms with E-state index in [0.717, 1.165) is 6.42 Å². The third-order valence-electron chi connectivity index (χ3n) is 2.09. The van der Waals surface area contributed by atoms with Gasteiger partial charge in [0.15, 0.2) is 0 Å². The number of methoxy groups -OCH3 is 1. The van der Waals surface area contributed by atoms with Crippen LogP contribution in [-0.2, 0) is 4.74 Å². The minimum atomic E-state index is -0.323. The zero-order valence-electron chi connectivity index (χ0n) is 9.09. The monoisotopic (exact) mass is 212 g/mol. The predicted molar refractivity (Wildman–Crippen MR) is 60.4 cm³/mol. The lowest BCUT2D eigenvalue weighted by Gasteiger charge is -2.15. The SMILES string of the molecule is COCCC(C)Nc1cc(N)cc(F)c1. The van der Waals surface area contributed by atoms with Crippen LogP contribution >= 0.6 is 0 Å². The molecule has 1 aromatic carbocycles. The molecular weight excluding hydrogens is 195 g/mol. The molecule has 3 nitrogen and oxygen atoms in total. The van der Waals surface area contributed by atoms with Crippen molar-refractivity contribution in [1.82, 2.24) is 0 Å². The number of benzene rings is 1. The highest BCUT2D eigenvalue weighted by Crippen LogP contribution is 2.16. The zero-order chi connectivity index (χ0) is 11.3. The van der Waals surface area contributed by atoms with Gasteiger partial charge >= 0.3 is 0 Å². The second-order valence-corrected chi connectivity index (χ2v) is 3.60. The molecule has 0 radical (unpaired) electrons. The third kappa shape index (κ3) is 4.16. The molecule has 0 aliphatic rings. The number of rotatable bonds is 5. The van der Waals surface area contributed by atoms with Crippen LogP contribution in [0.3, 0.4) is 0 Å². The van der Waals surface area contributed by atoms with Crippen molar-refractivity contribution in [3.05, 3.63) is 24.0 Å². The van der Waals surface area contributed by atoms with Crippen LogP contribution in [0.25, 0.3) is 0 Å². The van der Waals surface area contributed by atoms with Gasteiger partial charge in [-0.3, -0.25) is 0 Å². The molecule has 1 atom stereocenters. The van der Waals surface area contributed by atoms with E-state index in [2.05, 4.69) is 5.32 Å². The maximum Gasteiger partial charge on any atom is 0.127 e. The summed E-state index contributed by atoms with van der Waals surface area (Å²) in [4.78, 5) is 0. The summed E-state index contributed by atoms with van der Waals surface area (Å²) in [5.41, 5.74) is 6.66. The fraction of sp³-hybridized carbons (Fsp3) is 0.455.